The van der Waals surface area contributed by atoms with E-state index in [0.29, 0.717) is 12.2 Å². The molecule has 5 heteroatoms. The lowest BCUT2D eigenvalue weighted by Crippen LogP contribution is -2.12. The van der Waals surface area contributed by atoms with E-state index < -0.39 is 0 Å². The van der Waals surface area contributed by atoms with E-state index in [-0.39, 0.29) is 17.2 Å². The predicted molar refractivity (Wildman–Crippen MR) is 73.1 cm³/mol. The van der Waals surface area contributed by atoms with E-state index in [0.717, 1.165) is 12.0 Å². The fourth-order valence-corrected chi connectivity index (χ4v) is 1.70. The van der Waals surface area contributed by atoms with Gasteiger partial charge in [-0.2, -0.15) is 0 Å². The molecule has 0 spiro atoms. The molecule has 0 unspecified atom stereocenters. The van der Waals surface area contributed by atoms with E-state index in [4.69, 9.17) is 5.73 Å². The molecule has 5 nitrogen and oxygen atoms in total. The van der Waals surface area contributed by atoms with Gasteiger partial charge in [0, 0.05) is 11.9 Å². The molecule has 0 fully saturated rings. The third-order valence-corrected chi connectivity index (χ3v) is 2.69. The lowest BCUT2D eigenvalue weighted by Gasteiger charge is -2.07. The van der Waals surface area contributed by atoms with E-state index in [1.165, 1.54) is 18.5 Å². The summed E-state index contributed by atoms with van der Waals surface area (Å²) in [6, 6.07) is 8.90. The second-order valence-electron chi connectivity index (χ2n) is 4.08. The number of hydrogen-bond donors (Lipinski definition) is 3. The molecule has 1 amide bonds. The average molecular weight is 257 g/mol. The van der Waals surface area contributed by atoms with Gasteiger partial charge in [-0.1, -0.05) is 12.1 Å². The van der Waals surface area contributed by atoms with Gasteiger partial charge in [0.15, 0.2) is 0 Å². The molecule has 4 N–H and O–H groups in total. The third-order valence-electron chi connectivity index (χ3n) is 2.69. The van der Waals surface area contributed by atoms with Crippen molar-refractivity contribution >= 4 is 11.6 Å². The van der Waals surface area contributed by atoms with Crippen LogP contribution in [0.15, 0.2) is 42.7 Å². The fraction of sp³-hybridized carbons (Fsp3) is 0.143. The summed E-state index contributed by atoms with van der Waals surface area (Å²) in [4.78, 5) is 15.7. The smallest absolute Gasteiger partial charge is 0.259 e. The minimum atomic E-state index is -0.369. The number of carbonyl (C=O) groups excluding carboxylic acids is 1. The van der Waals surface area contributed by atoms with Crippen molar-refractivity contribution in [3.63, 3.8) is 0 Å². The molecule has 0 saturated heterocycles. The summed E-state index contributed by atoms with van der Waals surface area (Å²) in [6.45, 7) is 0.594. The molecular formula is C14H15N3O2. The van der Waals surface area contributed by atoms with E-state index >= 15 is 0 Å². The number of carbonyl (C=O) groups is 1. The maximum absolute atomic E-state index is 11.9. The number of benzene rings is 1. The molecular weight excluding hydrogens is 242 g/mol. The first kappa shape index (κ1) is 13.0. The number of nitrogens with one attached hydrogen (secondary N) is 1. The zero-order chi connectivity index (χ0) is 13.7. The Kier molecular flexibility index (Phi) is 4.10. The summed E-state index contributed by atoms with van der Waals surface area (Å²) < 4.78 is 0. The molecule has 98 valence electrons. The molecule has 0 aliphatic carbocycles. The van der Waals surface area contributed by atoms with E-state index in [9.17, 15) is 9.90 Å². The van der Waals surface area contributed by atoms with Gasteiger partial charge in [-0.05, 0) is 36.7 Å². The van der Waals surface area contributed by atoms with Crippen LogP contribution in [0.5, 0.6) is 5.75 Å². The molecule has 1 aromatic carbocycles. The van der Waals surface area contributed by atoms with Crippen molar-refractivity contribution in [3.8, 4) is 5.75 Å². The Morgan fingerprint density at radius 3 is 2.63 bits per heavy atom. The number of rotatable bonds is 4. The van der Waals surface area contributed by atoms with Gasteiger partial charge >= 0.3 is 0 Å². The molecule has 2 rings (SSSR count). The summed E-state index contributed by atoms with van der Waals surface area (Å²) in [5.74, 6) is -0.508. The van der Waals surface area contributed by atoms with Crippen molar-refractivity contribution in [2.45, 2.75) is 6.42 Å². The van der Waals surface area contributed by atoms with Crippen LogP contribution in [0.4, 0.5) is 5.69 Å². The summed E-state index contributed by atoms with van der Waals surface area (Å²) in [6.07, 6.45) is 3.50. The molecule has 0 aliphatic rings. The third kappa shape index (κ3) is 3.29. The number of aromatic hydroxyl groups is 1. The highest BCUT2D eigenvalue weighted by atomic mass is 16.3. The largest absolute Gasteiger partial charge is 0.505 e. The lowest BCUT2D eigenvalue weighted by molar-refractivity contribution is 0.102. The lowest BCUT2D eigenvalue weighted by atomic mass is 10.1. The molecule has 19 heavy (non-hydrogen) atoms. The highest BCUT2D eigenvalue weighted by molar-refractivity contribution is 6.05. The molecule has 0 saturated carbocycles. The van der Waals surface area contributed by atoms with Crippen molar-refractivity contribution in [2.24, 2.45) is 5.73 Å². The average Bonchev–Trinajstić information content (AvgIpc) is 2.42. The molecule has 0 bridgehead atoms. The van der Waals surface area contributed by atoms with E-state index in [2.05, 4.69) is 10.3 Å². The maximum Gasteiger partial charge on any atom is 0.259 e. The molecule has 0 radical (unpaired) electrons. The Morgan fingerprint density at radius 1 is 1.26 bits per heavy atom. The van der Waals surface area contributed by atoms with Gasteiger partial charge in [-0.25, -0.2) is 0 Å². The summed E-state index contributed by atoms with van der Waals surface area (Å²) >= 11 is 0. The van der Waals surface area contributed by atoms with Crippen molar-refractivity contribution in [1.29, 1.82) is 0 Å². The van der Waals surface area contributed by atoms with Crippen LogP contribution in [0.25, 0.3) is 0 Å². The Bertz CT molecular complexity index is 567. The first-order chi connectivity index (χ1) is 9.20. The summed E-state index contributed by atoms with van der Waals surface area (Å²) in [7, 11) is 0. The molecule has 1 aromatic heterocycles. The zero-order valence-electron chi connectivity index (χ0n) is 10.3. The van der Waals surface area contributed by atoms with Crippen LogP contribution in [0.3, 0.4) is 0 Å². The molecule has 1 heterocycles. The number of aromatic nitrogens is 1. The van der Waals surface area contributed by atoms with Crippen molar-refractivity contribution in [1.82, 2.24) is 4.98 Å². The highest BCUT2D eigenvalue weighted by Crippen LogP contribution is 2.17. The van der Waals surface area contributed by atoms with Gasteiger partial charge in [-0.15, -0.1) is 0 Å². The monoisotopic (exact) mass is 257 g/mol. The van der Waals surface area contributed by atoms with Gasteiger partial charge in [0.2, 0.25) is 0 Å². The topological polar surface area (TPSA) is 88.2 Å². The summed E-state index contributed by atoms with van der Waals surface area (Å²) in [5, 5.41) is 12.2. The SMILES string of the molecule is NCCc1ccc(NC(=O)c2ccncc2O)cc1. The van der Waals surface area contributed by atoms with Crippen LogP contribution >= 0.6 is 0 Å². The second kappa shape index (κ2) is 5.97. The quantitative estimate of drug-likeness (QED) is 0.775. The first-order valence-electron chi connectivity index (χ1n) is 5.94. The number of nitrogens with zero attached hydrogens (tertiary/aromatic N) is 1. The van der Waals surface area contributed by atoms with Crippen LogP contribution < -0.4 is 11.1 Å². The van der Waals surface area contributed by atoms with Crippen molar-refractivity contribution < 1.29 is 9.90 Å². The van der Waals surface area contributed by atoms with Gasteiger partial charge in [0.1, 0.15) is 5.75 Å². The van der Waals surface area contributed by atoms with Crippen LogP contribution in [0, 0.1) is 0 Å². The number of pyridine rings is 1. The number of hydrogen-bond acceptors (Lipinski definition) is 4. The highest BCUT2D eigenvalue weighted by Gasteiger charge is 2.10. The first-order valence-corrected chi connectivity index (χ1v) is 5.94. The van der Waals surface area contributed by atoms with E-state index in [1.807, 2.05) is 12.1 Å². The van der Waals surface area contributed by atoms with Gasteiger partial charge in [-0.3, -0.25) is 9.78 Å². The predicted octanol–water partition coefficient (Wildman–Crippen LogP) is 1.54. The Hall–Kier alpha value is -2.40. The Balaban J connectivity index is 2.09. The Morgan fingerprint density at radius 2 is 2.00 bits per heavy atom. The van der Waals surface area contributed by atoms with E-state index in [1.54, 1.807) is 12.1 Å². The zero-order valence-corrected chi connectivity index (χ0v) is 10.3. The van der Waals surface area contributed by atoms with Crippen molar-refractivity contribution in [3.05, 3.63) is 53.9 Å². The minimum absolute atomic E-state index is 0.139. The van der Waals surface area contributed by atoms with Gasteiger partial charge in [0.25, 0.3) is 5.91 Å². The number of anilines is 1. The van der Waals surface area contributed by atoms with Gasteiger partial charge in [0.05, 0.1) is 11.8 Å². The maximum atomic E-state index is 11.9. The standard InChI is InChI=1S/C14H15N3O2/c15-7-5-10-1-3-11(4-2-10)17-14(19)12-6-8-16-9-13(12)18/h1-4,6,8-9,18H,5,7,15H2,(H,17,19). The van der Waals surface area contributed by atoms with Crippen LogP contribution in [-0.2, 0) is 6.42 Å². The minimum Gasteiger partial charge on any atom is -0.505 e. The second-order valence-corrected chi connectivity index (χ2v) is 4.08. The molecule has 0 atom stereocenters. The van der Waals surface area contributed by atoms with Gasteiger partial charge < -0.3 is 16.2 Å². The van der Waals surface area contributed by atoms with Crippen LogP contribution in [-0.4, -0.2) is 22.5 Å². The fourth-order valence-electron chi connectivity index (χ4n) is 1.70. The van der Waals surface area contributed by atoms with Crippen LogP contribution in [0.1, 0.15) is 15.9 Å². The number of nitrogens with two attached hydrogens (primary N) is 1. The molecule has 0 aliphatic heterocycles. The number of amides is 1. The normalized spacial score (nSPS) is 10.2. The Labute approximate surface area is 111 Å². The summed E-state index contributed by atoms with van der Waals surface area (Å²) in [5.41, 5.74) is 7.45. The molecule has 2 aromatic rings. The van der Waals surface area contributed by atoms with Crippen LogP contribution in [0.2, 0.25) is 0 Å². The van der Waals surface area contributed by atoms with Crippen molar-refractivity contribution in [2.75, 3.05) is 11.9 Å².